The van der Waals surface area contributed by atoms with Gasteiger partial charge in [0.2, 0.25) is 0 Å². The summed E-state index contributed by atoms with van der Waals surface area (Å²) in [6.45, 7) is 0.940. The number of Topliss-reactive ketones (excluding diaryl/α,β-unsaturated/α-hetero) is 1. The van der Waals surface area contributed by atoms with Crippen LogP contribution in [0.4, 0.5) is 11.5 Å². The van der Waals surface area contributed by atoms with E-state index in [0.29, 0.717) is 17.3 Å². The maximum atomic E-state index is 13.6. The summed E-state index contributed by atoms with van der Waals surface area (Å²) in [7, 11) is 0. The number of ketones is 1. The Labute approximate surface area is 205 Å². The Balaban J connectivity index is 0.988. The lowest BCUT2D eigenvalue weighted by atomic mass is 9.63. The van der Waals surface area contributed by atoms with Crippen LogP contribution in [0.3, 0.4) is 0 Å². The van der Waals surface area contributed by atoms with Gasteiger partial charge in [-0.25, -0.2) is 9.97 Å². The van der Waals surface area contributed by atoms with Gasteiger partial charge in [0.1, 0.15) is 22.8 Å². The largest absolute Gasteiger partial charge is 0.377 e. The van der Waals surface area contributed by atoms with E-state index in [0.717, 1.165) is 70.8 Å². The van der Waals surface area contributed by atoms with Crippen molar-refractivity contribution in [2.75, 3.05) is 11.9 Å². The fraction of sp³-hybridized carbons (Fsp3) is 0.481. The van der Waals surface area contributed by atoms with Crippen LogP contribution in [0, 0.1) is 28.6 Å². The number of carbonyl (C=O) groups excluding carboxylic acids is 1. The second kappa shape index (κ2) is 6.28. The van der Waals surface area contributed by atoms with E-state index in [9.17, 15) is 4.79 Å². The monoisotopic (exact) mass is 483 g/mol. The van der Waals surface area contributed by atoms with E-state index < -0.39 is 0 Å². The number of ether oxygens (including phenoxy) is 1. The van der Waals surface area contributed by atoms with Gasteiger partial charge in [-0.15, -0.1) is 11.3 Å². The van der Waals surface area contributed by atoms with Gasteiger partial charge in [-0.3, -0.25) is 9.89 Å². The van der Waals surface area contributed by atoms with Crippen LogP contribution in [-0.2, 0) is 22.4 Å². The van der Waals surface area contributed by atoms with E-state index in [1.54, 1.807) is 17.7 Å². The minimum Gasteiger partial charge on any atom is -0.377 e. The van der Waals surface area contributed by atoms with Crippen LogP contribution in [0.25, 0.3) is 21.1 Å². The molecular weight excluding hydrogens is 458 g/mol. The number of aryl methyl sites for hydroxylation is 1. The lowest BCUT2D eigenvalue weighted by Crippen LogP contribution is -2.47. The summed E-state index contributed by atoms with van der Waals surface area (Å²) in [4.78, 5) is 25.1. The van der Waals surface area contributed by atoms with Crippen LogP contribution in [0.1, 0.15) is 36.1 Å². The van der Waals surface area contributed by atoms with Crippen molar-refractivity contribution in [2.24, 2.45) is 28.6 Å². The number of benzene rings is 1. The highest BCUT2D eigenvalue weighted by atomic mass is 32.1. The van der Waals surface area contributed by atoms with E-state index in [2.05, 4.69) is 31.5 Å². The Bertz CT molecular complexity index is 1570. The van der Waals surface area contributed by atoms with Gasteiger partial charge < -0.3 is 10.1 Å². The molecule has 0 bridgehead atoms. The molecule has 176 valence electrons. The third-order valence-electron chi connectivity index (χ3n) is 9.86. The molecule has 5 unspecified atom stereocenters. The molecule has 4 aromatic rings. The number of nitrogens with one attached hydrogen (secondary N) is 2. The number of thiophene rings is 1. The van der Waals surface area contributed by atoms with Gasteiger partial charge in [0.05, 0.1) is 29.8 Å². The predicted octanol–water partition coefficient (Wildman–Crippen LogP) is 4.80. The lowest BCUT2D eigenvalue weighted by molar-refractivity contribution is -0.131. The smallest absolute Gasteiger partial charge is 0.142 e. The standard InChI is InChI=1S/C27H25N5O2S/c33-22(18-8-27(18)11-26-7-15(26)10-34-25(26)27)13-1-3-17-20(6-13)35-24-21(17)23(28-12-29-24)31-16-2-4-19-14(5-16)9-30-32-19/h2,4-5,9,12-13,15,18,25H,1,3,6-8,10-11H2,(H,30,32)(H,28,29,31)/t13-,15?,18?,25?,26?,27?/m0/s1. The summed E-state index contributed by atoms with van der Waals surface area (Å²) >= 11 is 1.74. The second-order valence-electron chi connectivity index (χ2n) is 11.6. The van der Waals surface area contributed by atoms with Gasteiger partial charge in [0.15, 0.2) is 0 Å². The molecule has 6 atom stereocenters. The molecular formula is C27H25N5O2S. The first-order chi connectivity index (χ1) is 17.1. The summed E-state index contributed by atoms with van der Waals surface area (Å²) in [6.07, 6.45) is 10.2. The van der Waals surface area contributed by atoms with Crippen molar-refractivity contribution < 1.29 is 9.53 Å². The summed E-state index contributed by atoms with van der Waals surface area (Å²) in [6, 6.07) is 6.14. The second-order valence-corrected chi connectivity index (χ2v) is 12.6. The number of carbonyl (C=O) groups is 1. The third kappa shape index (κ3) is 2.44. The van der Waals surface area contributed by atoms with Gasteiger partial charge in [-0.05, 0) is 68.2 Å². The fourth-order valence-corrected chi connectivity index (χ4v) is 9.29. The summed E-state index contributed by atoms with van der Waals surface area (Å²) in [5.74, 6) is 2.54. The maximum Gasteiger partial charge on any atom is 0.142 e. The van der Waals surface area contributed by atoms with Crippen molar-refractivity contribution in [3.63, 3.8) is 0 Å². The number of nitrogens with zero attached hydrogens (tertiary/aromatic N) is 3. The van der Waals surface area contributed by atoms with E-state index in [-0.39, 0.29) is 17.3 Å². The normalized spacial score (nSPS) is 36.0. The van der Waals surface area contributed by atoms with E-state index in [1.165, 1.54) is 23.3 Å². The Morgan fingerprint density at radius 1 is 1.23 bits per heavy atom. The molecule has 1 saturated heterocycles. The minimum atomic E-state index is 0.140. The number of fused-ring (bicyclic) bond motifs is 5. The van der Waals surface area contributed by atoms with Gasteiger partial charge in [-0.2, -0.15) is 5.10 Å². The molecule has 35 heavy (non-hydrogen) atoms. The Morgan fingerprint density at radius 2 is 2.20 bits per heavy atom. The highest BCUT2D eigenvalue weighted by molar-refractivity contribution is 7.19. The van der Waals surface area contributed by atoms with Crippen molar-refractivity contribution in [1.29, 1.82) is 0 Å². The molecule has 3 saturated carbocycles. The number of anilines is 2. The zero-order valence-electron chi connectivity index (χ0n) is 19.2. The molecule has 1 aliphatic heterocycles. The Morgan fingerprint density at radius 3 is 3.11 bits per heavy atom. The van der Waals surface area contributed by atoms with E-state index in [1.807, 2.05) is 18.3 Å². The molecule has 8 heteroatoms. The highest BCUT2D eigenvalue weighted by Crippen LogP contribution is 2.85. The summed E-state index contributed by atoms with van der Waals surface area (Å²) in [5.41, 5.74) is 4.02. The zero-order valence-corrected chi connectivity index (χ0v) is 20.0. The molecule has 2 spiro atoms. The number of H-pyrrole nitrogens is 1. The minimum absolute atomic E-state index is 0.140. The number of hydrogen-bond donors (Lipinski definition) is 2. The molecule has 9 rings (SSSR count). The van der Waals surface area contributed by atoms with Gasteiger partial charge in [0.25, 0.3) is 0 Å². The quantitative estimate of drug-likeness (QED) is 0.433. The van der Waals surface area contributed by atoms with Crippen LogP contribution in [-0.4, -0.2) is 38.7 Å². The van der Waals surface area contributed by atoms with E-state index in [4.69, 9.17) is 4.74 Å². The predicted molar refractivity (Wildman–Crippen MR) is 133 cm³/mol. The Hall–Kier alpha value is -2.84. The molecule has 7 nitrogen and oxygen atoms in total. The van der Waals surface area contributed by atoms with Crippen LogP contribution >= 0.6 is 11.3 Å². The average Bonchev–Trinajstić information content (AvgIpc) is 3.60. The Kier molecular flexibility index (Phi) is 3.48. The van der Waals surface area contributed by atoms with Crippen LogP contribution in [0.15, 0.2) is 30.7 Å². The number of rotatable bonds is 4. The average molecular weight is 484 g/mol. The van der Waals surface area contributed by atoms with E-state index >= 15 is 0 Å². The molecule has 0 radical (unpaired) electrons. The SMILES string of the molecule is O=C(C1CC12CC13CC1COC32)[C@H]1CCc2c(sc3ncnc(Nc4ccc5[nH]ncc5c4)c23)C1. The topological polar surface area (TPSA) is 92.8 Å². The maximum absolute atomic E-state index is 13.6. The van der Waals surface area contributed by atoms with Crippen molar-refractivity contribution in [2.45, 2.75) is 44.6 Å². The molecule has 4 fully saturated rings. The zero-order chi connectivity index (χ0) is 22.9. The van der Waals surface area contributed by atoms with Crippen molar-refractivity contribution in [3.8, 4) is 0 Å². The summed E-state index contributed by atoms with van der Waals surface area (Å²) in [5, 5.41) is 12.8. The van der Waals surface area contributed by atoms with Crippen LogP contribution in [0.2, 0.25) is 0 Å². The number of hydrogen-bond acceptors (Lipinski definition) is 7. The lowest BCUT2D eigenvalue weighted by Gasteiger charge is -2.44. The van der Waals surface area contributed by atoms with Gasteiger partial charge in [-0.1, -0.05) is 0 Å². The number of aromatic nitrogens is 4. The van der Waals surface area contributed by atoms with Gasteiger partial charge in [0, 0.05) is 38.6 Å². The first kappa shape index (κ1) is 19.4. The molecule has 0 amide bonds. The first-order valence-electron chi connectivity index (χ1n) is 12.8. The molecule has 5 aliphatic rings. The molecule has 4 heterocycles. The molecule has 1 aromatic carbocycles. The van der Waals surface area contributed by atoms with Crippen LogP contribution in [0.5, 0.6) is 0 Å². The highest BCUT2D eigenvalue weighted by Gasteiger charge is 2.85. The fourth-order valence-electron chi connectivity index (χ4n) is 8.03. The van der Waals surface area contributed by atoms with Gasteiger partial charge >= 0.3 is 0 Å². The summed E-state index contributed by atoms with van der Waals surface area (Å²) < 4.78 is 6.15. The molecule has 2 N–H and O–H groups in total. The first-order valence-corrected chi connectivity index (χ1v) is 13.6. The molecule has 4 aliphatic carbocycles. The number of aromatic amines is 1. The van der Waals surface area contributed by atoms with Crippen LogP contribution < -0.4 is 5.32 Å². The van der Waals surface area contributed by atoms with Crippen molar-refractivity contribution >= 4 is 49.7 Å². The van der Waals surface area contributed by atoms with Crippen molar-refractivity contribution in [1.82, 2.24) is 20.2 Å². The third-order valence-corrected chi connectivity index (χ3v) is 11.0. The van der Waals surface area contributed by atoms with Crippen molar-refractivity contribution in [3.05, 3.63) is 41.2 Å². The molecule has 3 aromatic heterocycles.